The highest BCUT2D eigenvalue weighted by Gasteiger charge is 2.16. The highest BCUT2D eigenvalue weighted by atomic mass is 16.1. The van der Waals surface area contributed by atoms with Crippen LogP contribution >= 0.6 is 0 Å². The molecule has 1 amide bonds. The molecule has 0 radical (unpaired) electrons. The molecule has 1 aromatic carbocycles. The third-order valence-electron chi connectivity index (χ3n) is 4.16. The van der Waals surface area contributed by atoms with Crippen molar-refractivity contribution < 1.29 is 4.79 Å². The number of rotatable bonds is 3. The summed E-state index contributed by atoms with van der Waals surface area (Å²) < 4.78 is 0. The van der Waals surface area contributed by atoms with Gasteiger partial charge in [-0.2, -0.15) is 0 Å². The molecule has 1 aliphatic heterocycles. The van der Waals surface area contributed by atoms with Crippen molar-refractivity contribution in [1.29, 1.82) is 0 Å². The summed E-state index contributed by atoms with van der Waals surface area (Å²) in [4.78, 5) is 26.3. The van der Waals surface area contributed by atoms with Gasteiger partial charge in [-0.05, 0) is 18.9 Å². The van der Waals surface area contributed by atoms with Crippen LogP contribution in [-0.2, 0) is 0 Å². The lowest BCUT2D eigenvalue weighted by molar-refractivity contribution is 0.102. The van der Waals surface area contributed by atoms with Gasteiger partial charge in [0, 0.05) is 36.3 Å². The highest BCUT2D eigenvalue weighted by molar-refractivity contribution is 6.12. The van der Waals surface area contributed by atoms with Crippen molar-refractivity contribution in [3.8, 4) is 0 Å². The van der Waals surface area contributed by atoms with Crippen LogP contribution in [0.25, 0.3) is 10.9 Å². The van der Waals surface area contributed by atoms with Crippen LogP contribution in [-0.4, -0.2) is 33.9 Å². The molecule has 6 nitrogen and oxygen atoms in total. The number of carbonyl (C=O) groups is 1. The number of benzene rings is 1. The lowest BCUT2D eigenvalue weighted by Gasteiger charge is -2.16. The summed E-state index contributed by atoms with van der Waals surface area (Å²) in [7, 11) is 0. The van der Waals surface area contributed by atoms with E-state index in [0.717, 1.165) is 29.8 Å². The second-order valence-corrected chi connectivity index (χ2v) is 5.66. The van der Waals surface area contributed by atoms with E-state index in [-0.39, 0.29) is 5.91 Å². The van der Waals surface area contributed by atoms with Gasteiger partial charge in [0.25, 0.3) is 5.91 Å². The van der Waals surface area contributed by atoms with E-state index in [9.17, 15) is 4.79 Å². The first-order valence-electron chi connectivity index (χ1n) is 7.76. The van der Waals surface area contributed by atoms with E-state index in [2.05, 4.69) is 25.2 Å². The molecule has 0 spiro atoms. The maximum Gasteiger partial charge on any atom is 0.258 e. The molecule has 0 atom stereocenters. The van der Waals surface area contributed by atoms with Crippen molar-refractivity contribution in [1.82, 2.24) is 15.0 Å². The molecule has 2 N–H and O–H groups in total. The Kier molecular flexibility index (Phi) is 3.42. The zero-order valence-corrected chi connectivity index (χ0v) is 12.6. The van der Waals surface area contributed by atoms with Crippen molar-refractivity contribution in [2.45, 2.75) is 12.8 Å². The van der Waals surface area contributed by atoms with Gasteiger partial charge in [-0.3, -0.25) is 4.79 Å². The third kappa shape index (κ3) is 2.63. The largest absolute Gasteiger partial charge is 0.360 e. The first kappa shape index (κ1) is 13.8. The standard InChI is InChI=1S/C17H17N5O/c23-17(13-10-18-14-6-2-1-5-12(13)14)21-15-9-16(20-11-19-15)22-7-3-4-8-22/h1-2,5-6,9-11,18H,3-4,7-8H2,(H,19,20,21,23). The van der Waals surface area contributed by atoms with Crippen LogP contribution in [0.5, 0.6) is 0 Å². The quantitative estimate of drug-likeness (QED) is 0.780. The van der Waals surface area contributed by atoms with Gasteiger partial charge in [0.15, 0.2) is 0 Å². The molecule has 1 aliphatic rings. The molecule has 1 fully saturated rings. The van der Waals surface area contributed by atoms with E-state index >= 15 is 0 Å². The van der Waals surface area contributed by atoms with Crippen molar-refractivity contribution in [2.75, 3.05) is 23.3 Å². The Balaban J connectivity index is 1.58. The number of carbonyl (C=O) groups excluding carboxylic acids is 1. The van der Waals surface area contributed by atoms with Gasteiger partial charge in [-0.1, -0.05) is 18.2 Å². The van der Waals surface area contributed by atoms with Gasteiger partial charge in [0.1, 0.15) is 18.0 Å². The first-order chi connectivity index (χ1) is 11.3. The second-order valence-electron chi connectivity index (χ2n) is 5.66. The number of para-hydroxylation sites is 1. The summed E-state index contributed by atoms with van der Waals surface area (Å²) >= 11 is 0. The summed E-state index contributed by atoms with van der Waals surface area (Å²) in [6.07, 6.45) is 5.59. The van der Waals surface area contributed by atoms with E-state index < -0.39 is 0 Å². The fourth-order valence-electron chi connectivity index (χ4n) is 2.98. The minimum atomic E-state index is -0.173. The van der Waals surface area contributed by atoms with Gasteiger partial charge >= 0.3 is 0 Å². The summed E-state index contributed by atoms with van der Waals surface area (Å²) in [5.74, 6) is 1.22. The van der Waals surface area contributed by atoms with E-state index in [1.54, 1.807) is 6.20 Å². The fourth-order valence-corrected chi connectivity index (χ4v) is 2.98. The minimum absolute atomic E-state index is 0.173. The lowest BCUT2D eigenvalue weighted by atomic mass is 10.1. The van der Waals surface area contributed by atoms with Gasteiger partial charge in [0.05, 0.1) is 5.56 Å². The molecule has 116 valence electrons. The maximum absolute atomic E-state index is 12.5. The molecule has 0 bridgehead atoms. The molecular weight excluding hydrogens is 290 g/mol. The number of hydrogen-bond acceptors (Lipinski definition) is 4. The molecule has 1 saturated heterocycles. The van der Waals surface area contributed by atoms with Crippen LogP contribution in [0, 0.1) is 0 Å². The molecular formula is C17H17N5O. The normalized spacial score (nSPS) is 14.3. The van der Waals surface area contributed by atoms with Gasteiger partial charge < -0.3 is 15.2 Å². The van der Waals surface area contributed by atoms with Crippen LogP contribution in [0.4, 0.5) is 11.6 Å². The van der Waals surface area contributed by atoms with E-state index in [1.807, 2.05) is 30.3 Å². The van der Waals surface area contributed by atoms with E-state index in [0.29, 0.717) is 11.4 Å². The topological polar surface area (TPSA) is 73.9 Å². The highest BCUT2D eigenvalue weighted by Crippen LogP contribution is 2.21. The second kappa shape index (κ2) is 5.72. The van der Waals surface area contributed by atoms with Crippen molar-refractivity contribution >= 4 is 28.4 Å². The smallest absolute Gasteiger partial charge is 0.258 e. The maximum atomic E-state index is 12.5. The molecule has 2 aromatic heterocycles. The Hall–Kier alpha value is -2.89. The Morgan fingerprint density at radius 3 is 2.87 bits per heavy atom. The van der Waals surface area contributed by atoms with Crippen molar-refractivity contribution in [2.24, 2.45) is 0 Å². The van der Waals surface area contributed by atoms with Crippen LogP contribution < -0.4 is 10.2 Å². The molecule has 23 heavy (non-hydrogen) atoms. The number of hydrogen-bond donors (Lipinski definition) is 2. The van der Waals surface area contributed by atoms with Crippen molar-refractivity contribution in [3.63, 3.8) is 0 Å². The molecule has 4 rings (SSSR count). The molecule has 3 aromatic rings. The minimum Gasteiger partial charge on any atom is -0.360 e. The molecule has 6 heteroatoms. The average Bonchev–Trinajstić information content (AvgIpc) is 3.25. The molecule has 0 unspecified atom stereocenters. The van der Waals surface area contributed by atoms with E-state index in [1.165, 1.54) is 19.2 Å². The number of H-pyrrole nitrogens is 1. The lowest BCUT2D eigenvalue weighted by Crippen LogP contribution is -2.20. The fraction of sp³-hybridized carbons (Fsp3) is 0.235. The number of aromatic nitrogens is 3. The Bertz CT molecular complexity index is 851. The van der Waals surface area contributed by atoms with Crippen LogP contribution in [0.2, 0.25) is 0 Å². The van der Waals surface area contributed by atoms with Crippen LogP contribution in [0.3, 0.4) is 0 Å². The zero-order valence-electron chi connectivity index (χ0n) is 12.6. The van der Waals surface area contributed by atoms with Crippen LogP contribution in [0.15, 0.2) is 42.9 Å². The number of nitrogens with zero attached hydrogens (tertiary/aromatic N) is 3. The van der Waals surface area contributed by atoms with Gasteiger partial charge in [-0.25, -0.2) is 9.97 Å². The summed E-state index contributed by atoms with van der Waals surface area (Å²) in [5.41, 5.74) is 1.56. The summed E-state index contributed by atoms with van der Waals surface area (Å²) in [5, 5.41) is 3.77. The molecule has 0 saturated carbocycles. The molecule has 3 heterocycles. The monoisotopic (exact) mass is 307 g/mol. The van der Waals surface area contributed by atoms with E-state index in [4.69, 9.17) is 0 Å². The van der Waals surface area contributed by atoms with Crippen LogP contribution in [0.1, 0.15) is 23.2 Å². The Morgan fingerprint density at radius 1 is 1.17 bits per heavy atom. The average molecular weight is 307 g/mol. The predicted molar refractivity (Wildman–Crippen MR) is 89.7 cm³/mol. The van der Waals surface area contributed by atoms with Gasteiger partial charge in [-0.15, -0.1) is 0 Å². The van der Waals surface area contributed by atoms with Crippen molar-refractivity contribution in [3.05, 3.63) is 48.4 Å². The molecule has 0 aliphatic carbocycles. The number of nitrogens with one attached hydrogen (secondary N) is 2. The summed E-state index contributed by atoms with van der Waals surface area (Å²) in [6, 6.07) is 9.56. The number of fused-ring (bicyclic) bond motifs is 1. The first-order valence-corrected chi connectivity index (χ1v) is 7.76. The SMILES string of the molecule is O=C(Nc1cc(N2CCCC2)ncn1)c1c[nH]c2ccccc12. The Morgan fingerprint density at radius 2 is 2.00 bits per heavy atom. The third-order valence-corrected chi connectivity index (χ3v) is 4.16. The predicted octanol–water partition coefficient (Wildman–Crippen LogP) is 2.81. The number of anilines is 2. The van der Waals surface area contributed by atoms with Gasteiger partial charge in [0.2, 0.25) is 0 Å². The summed E-state index contributed by atoms with van der Waals surface area (Å²) in [6.45, 7) is 2.01. The number of aromatic amines is 1. The Labute approximate surface area is 133 Å². The number of amides is 1. The zero-order chi connectivity index (χ0) is 15.6.